The van der Waals surface area contributed by atoms with Crippen LogP contribution >= 0.6 is 11.6 Å². The van der Waals surface area contributed by atoms with Crippen molar-refractivity contribution < 1.29 is 41.3 Å². The number of hydrogen-bond acceptors (Lipinski definition) is 6. The molecule has 0 radical (unpaired) electrons. The smallest absolute Gasteiger partial charge is 0.398 e. The van der Waals surface area contributed by atoms with Gasteiger partial charge in [0.15, 0.2) is 11.5 Å². The highest BCUT2D eigenvalue weighted by Crippen LogP contribution is 2.38. The summed E-state index contributed by atoms with van der Waals surface area (Å²) in [5.74, 6) is -2.75. The van der Waals surface area contributed by atoms with Crippen molar-refractivity contribution in [3.8, 4) is 28.5 Å². The van der Waals surface area contributed by atoms with E-state index in [0.717, 1.165) is 12.1 Å². The summed E-state index contributed by atoms with van der Waals surface area (Å²) >= 11 is 5.85. The Morgan fingerprint density at radius 3 is 2.39 bits per heavy atom. The van der Waals surface area contributed by atoms with Gasteiger partial charge in [0.05, 0.1) is 38.1 Å². The van der Waals surface area contributed by atoms with Crippen molar-refractivity contribution in [1.29, 1.82) is 0 Å². The SMILES string of the molecule is COc1cc(C(=O)NCC(c2ccc(OC)c(-c3ccc(F)c(Cl)c3)n2)C(F)(F)F)ccc1OC1COC1. The molecule has 1 saturated heterocycles. The lowest BCUT2D eigenvalue weighted by Crippen LogP contribution is -2.38. The Morgan fingerprint density at radius 2 is 1.79 bits per heavy atom. The number of methoxy groups -OCH3 is 2. The van der Waals surface area contributed by atoms with Crippen LogP contribution < -0.4 is 19.5 Å². The lowest BCUT2D eigenvalue weighted by molar-refractivity contribution is -0.149. The first-order chi connectivity index (χ1) is 18.1. The van der Waals surface area contributed by atoms with Crippen LogP contribution in [0.3, 0.4) is 0 Å². The van der Waals surface area contributed by atoms with Crippen molar-refractivity contribution in [1.82, 2.24) is 10.3 Å². The number of carbonyl (C=O) groups excluding carboxylic acids is 1. The minimum atomic E-state index is -4.74. The fourth-order valence-electron chi connectivity index (χ4n) is 3.72. The van der Waals surface area contributed by atoms with Crippen LogP contribution in [0.25, 0.3) is 11.3 Å². The molecule has 202 valence electrons. The van der Waals surface area contributed by atoms with Crippen LogP contribution in [-0.4, -0.2) is 57.1 Å². The van der Waals surface area contributed by atoms with E-state index < -0.39 is 30.4 Å². The van der Waals surface area contributed by atoms with E-state index in [1.807, 2.05) is 0 Å². The molecule has 2 aromatic carbocycles. The number of carbonyl (C=O) groups is 1. The zero-order valence-electron chi connectivity index (χ0n) is 20.3. The second kappa shape index (κ2) is 11.4. The number of halogens is 5. The summed E-state index contributed by atoms with van der Waals surface area (Å²) in [6, 6.07) is 10.5. The third-order valence-corrected chi connectivity index (χ3v) is 6.13. The van der Waals surface area contributed by atoms with Crippen molar-refractivity contribution in [3.63, 3.8) is 0 Å². The van der Waals surface area contributed by atoms with Crippen LogP contribution in [0.5, 0.6) is 17.2 Å². The second-order valence-corrected chi connectivity index (χ2v) is 8.77. The number of nitrogens with zero attached hydrogens (tertiary/aromatic N) is 1. The Bertz CT molecular complexity index is 1320. The first kappa shape index (κ1) is 27.5. The topological polar surface area (TPSA) is 78.9 Å². The summed E-state index contributed by atoms with van der Waals surface area (Å²) in [6.45, 7) is 0.0737. The van der Waals surface area contributed by atoms with Gasteiger partial charge in [-0.15, -0.1) is 0 Å². The van der Waals surface area contributed by atoms with Gasteiger partial charge in [-0.3, -0.25) is 4.79 Å². The van der Waals surface area contributed by atoms with Crippen molar-refractivity contribution in [2.24, 2.45) is 0 Å². The highest BCUT2D eigenvalue weighted by Gasteiger charge is 2.42. The summed E-state index contributed by atoms with van der Waals surface area (Å²) in [5, 5.41) is 2.11. The lowest BCUT2D eigenvalue weighted by atomic mass is 10.0. The molecule has 1 fully saturated rings. The molecule has 3 aromatic rings. The van der Waals surface area contributed by atoms with Gasteiger partial charge in [0.2, 0.25) is 0 Å². The van der Waals surface area contributed by atoms with Crippen LogP contribution in [0.4, 0.5) is 17.6 Å². The van der Waals surface area contributed by atoms with E-state index in [2.05, 4.69) is 10.3 Å². The molecule has 12 heteroatoms. The third kappa shape index (κ3) is 6.11. The van der Waals surface area contributed by atoms with Crippen LogP contribution in [0.15, 0.2) is 48.5 Å². The van der Waals surface area contributed by atoms with Crippen LogP contribution in [0.1, 0.15) is 22.0 Å². The fourth-order valence-corrected chi connectivity index (χ4v) is 3.90. The molecular formula is C26H23ClF4N2O5. The molecule has 0 aliphatic carbocycles. The van der Waals surface area contributed by atoms with E-state index in [9.17, 15) is 22.4 Å². The quantitative estimate of drug-likeness (QED) is 0.356. The molecule has 4 rings (SSSR count). The maximum atomic E-state index is 14.1. The third-order valence-electron chi connectivity index (χ3n) is 5.84. The molecule has 0 saturated carbocycles. The molecule has 0 spiro atoms. The number of ether oxygens (including phenoxy) is 4. The average molecular weight is 555 g/mol. The molecule has 7 nitrogen and oxygen atoms in total. The van der Waals surface area contributed by atoms with Crippen LogP contribution in [0, 0.1) is 5.82 Å². The van der Waals surface area contributed by atoms with Gasteiger partial charge in [0, 0.05) is 17.7 Å². The molecule has 1 atom stereocenters. The number of pyridine rings is 1. The normalized spacial score (nSPS) is 14.4. The Kier molecular flexibility index (Phi) is 8.27. The molecule has 1 aliphatic heterocycles. The van der Waals surface area contributed by atoms with E-state index in [1.54, 1.807) is 0 Å². The van der Waals surface area contributed by atoms with Gasteiger partial charge in [-0.05, 0) is 48.5 Å². The van der Waals surface area contributed by atoms with Gasteiger partial charge in [-0.25, -0.2) is 9.37 Å². The molecule has 1 unspecified atom stereocenters. The zero-order valence-corrected chi connectivity index (χ0v) is 21.0. The van der Waals surface area contributed by atoms with E-state index in [1.165, 1.54) is 50.6 Å². The predicted molar refractivity (Wildman–Crippen MR) is 131 cm³/mol. The standard InChI is InChI=1S/C26H23ClF4N2O5/c1-35-22-8-6-20(33-24(22)14-3-5-19(28)18(27)9-14)17(26(29,30)31)11-32-25(34)15-4-7-21(23(10-15)36-2)38-16-12-37-13-16/h3-10,16-17H,11-13H2,1-2H3,(H,32,34). The summed E-state index contributed by atoms with van der Waals surface area (Å²) in [6.07, 6.45) is -4.88. The van der Waals surface area contributed by atoms with E-state index in [4.69, 9.17) is 30.5 Å². The zero-order chi connectivity index (χ0) is 27.4. The maximum Gasteiger partial charge on any atom is 0.398 e. The highest BCUT2D eigenvalue weighted by molar-refractivity contribution is 6.31. The van der Waals surface area contributed by atoms with Gasteiger partial charge in [0.1, 0.15) is 29.3 Å². The molecule has 38 heavy (non-hydrogen) atoms. The minimum absolute atomic E-state index is 0.0460. The van der Waals surface area contributed by atoms with Gasteiger partial charge < -0.3 is 24.3 Å². The first-order valence-corrected chi connectivity index (χ1v) is 11.8. The van der Waals surface area contributed by atoms with Crippen LogP contribution in [-0.2, 0) is 4.74 Å². The lowest BCUT2D eigenvalue weighted by Gasteiger charge is -2.27. The van der Waals surface area contributed by atoms with Gasteiger partial charge in [-0.1, -0.05) is 11.6 Å². The Morgan fingerprint density at radius 1 is 1.08 bits per heavy atom. The molecule has 1 N–H and O–H groups in total. The highest BCUT2D eigenvalue weighted by atomic mass is 35.5. The molecule has 1 aliphatic rings. The number of amides is 1. The average Bonchev–Trinajstić information content (AvgIpc) is 2.87. The number of nitrogens with one attached hydrogen (secondary N) is 1. The Labute approximate surface area is 220 Å². The van der Waals surface area contributed by atoms with Crippen molar-refractivity contribution in [2.45, 2.75) is 18.2 Å². The molecule has 0 bridgehead atoms. The first-order valence-electron chi connectivity index (χ1n) is 11.4. The number of aromatic nitrogens is 1. The predicted octanol–water partition coefficient (Wildman–Crippen LogP) is 5.41. The van der Waals surface area contributed by atoms with Crippen LogP contribution in [0.2, 0.25) is 5.02 Å². The van der Waals surface area contributed by atoms with Gasteiger partial charge in [0.25, 0.3) is 5.91 Å². The van der Waals surface area contributed by atoms with E-state index in [-0.39, 0.29) is 45.1 Å². The van der Waals surface area contributed by atoms with Crippen molar-refractivity contribution in [3.05, 3.63) is 70.6 Å². The summed E-state index contributed by atoms with van der Waals surface area (Å²) in [5.41, 5.74) is 0.0370. The Balaban J connectivity index is 1.56. The number of alkyl halides is 3. The van der Waals surface area contributed by atoms with Gasteiger partial charge >= 0.3 is 6.18 Å². The van der Waals surface area contributed by atoms with Crippen molar-refractivity contribution >= 4 is 17.5 Å². The molecule has 1 aromatic heterocycles. The summed E-state index contributed by atoms with van der Waals surface area (Å²) in [4.78, 5) is 16.9. The Hall–Kier alpha value is -3.57. The minimum Gasteiger partial charge on any atom is -0.494 e. The second-order valence-electron chi connectivity index (χ2n) is 8.36. The summed E-state index contributed by atoms with van der Waals surface area (Å²) < 4.78 is 77.2. The monoisotopic (exact) mass is 554 g/mol. The maximum absolute atomic E-state index is 14.1. The molecule has 1 amide bonds. The number of hydrogen-bond donors (Lipinski definition) is 1. The summed E-state index contributed by atoms with van der Waals surface area (Å²) in [7, 11) is 2.72. The fraction of sp³-hybridized carbons (Fsp3) is 0.308. The van der Waals surface area contributed by atoms with E-state index in [0.29, 0.717) is 19.0 Å². The van der Waals surface area contributed by atoms with Gasteiger partial charge in [-0.2, -0.15) is 13.2 Å². The number of benzene rings is 2. The van der Waals surface area contributed by atoms with Crippen molar-refractivity contribution in [2.75, 3.05) is 34.0 Å². The van der Waals surface area contributed by atoms with E-state index >= 15 is 0 Å². The largest absolute Gasteiger partial charge is 0.494 e. The molecule has 2 heterocycles. The molecular weight excluding hydrogens is 532 g/mol. The number of rotatable bonds is 9.